The molecule has 1 N–H and O–H groups in total. The van der Waals surface area contributed by atoms with Crippen LogP contribution in [0.4, 0.5) is 0 Å². The first-order chi connectivity index (χ1) is 8.13. The molecule has 3 heteroatoms. The molecule has 1 heterocycles. The van der Waals surface area contributed by atoms with E-state index in [2.05, 4.69) is 31.2 Å². The van der Waals surface area contributed by atoms with Crippen LogP contribution in [0.2, 0.25) is 0 Å². The van der Waals surface area contributed by atoms with Gasteiger partial charge in [-0.25, -0.2) is 0 Å². The number of hydrogen-bond donors (Lipinski definition) is 1. The topological polar surface area (TPSA) is 29.9 Å². The van der Waals surface area contributed by atoms with Gasteiger partial charge in [0.2, 0.25) is 0 Å². The molecule has 1 fully saturated rings. The van der Waals surface area contributed by atoms with Gasteiger partial charge in [-0.05, 0) is 39.2 Å². The van der Waals surface area contributed by atoms with E-state index in [1.807, 2.05) is 11.7 Å². The molecule has 1 unspecified atom stereocenters. The van der Waals surface area contributed by atoms with Crippen molar-refractivity contribution in [1.82, 2.24) is 15.1 Å². The van der Waals surface area contributed by atoms with Gasteiger partial charge >= 0.3 is 0 Å². The van der Waals surface area contributed by atoms with Crippen LogP contribution < -0.4 is 5.32 Å². The van der Waals surface area contributed by atoms with Gasteiger partial charge in [-0.15, -0.1) is 0 Å². The first-order valence-corrected chi connectivity index (χ1v) is 6.87. The third-order valence-corrected chi connectivity index (χ3v) is 3.82. The summed E-state index contributed by atoms with van der Waals surface area (Å²) in [6, 6.07) is 0.510. The van der Waals surface area contributed by atoms with Crippen LogP contribution >= 0.6 is 0 Å². The summed E-state index contributed by atoms with van der Waals surface area (Å²) < 4.78 is 2.01. The van der Waals surface area contributed by atoms with Crippen LogP contribution in [0, 0.1) is 19.8 Å². The Morgan fingerprint density at radius 1 is 1.41 bits per heavy atom. The molecular weight excluding hydrogens is 210 g/mol. The van der Waals surface area contributed by atoms with Gasteiger partial charge < -0.3 is 5.32 Å². The number of aromatic nitrogens is 2. The highest BCUT2D eigenvalue weighted by atomic mass is 15.3. The maximum atomic E-state index is 4.54. The van der Waals surface area contributed by atoms with E-state index in [9.17, 15) is 0 Å². The van der Waals surface area contributed by atoms with E-state index >= 15 is 0 Å². The lowest BCUT2D eigenvalue weighted by Crippen LogP contribution is -2.23. The van der Waals surface area contributed by atoms with E-state index in [0.29, 0.717) is 6.04 Å². The van der Waals surface area contributed by atoms with Gasteiger partial charge in [0.25, 0.3) is 0 Å². The molecule has 3 nitrogen and oxygen atoms in total. The normalized spacial score (nSPS) is 17.4. The fourth-order valence-corrected chi connectivity index (χ4v) is 2.60. The summed E-state index contributed by atoms with van der Waals surface area (Å²) in [5, 5.41) is 8.24. The third kappa shape index (κ3) is 2.89. The summed E-state index contributed by atoms with van der Waals surface area (Å²) >= 11 is 0. The van der Waals surface area contributed by atoms with Crippen LogP contribution in [0.25, 0.3) is 0 Å². The fourth-order valence-electron chi connectivity index (χ4n) is 2.60. The molecule has 1 atom stereocenters. The van der Waals surface area contributed by atoms with Gasteiger partial charge in [-0.2, -0.15) is 5.10 Å². The van der Waals surface area contributed by atoms with Crippen molar-refractivity contribution >= 4 is 0 Å². The Bertz CT molecular complexity index is 377. The first kappa shape index (κ1) is 12.6. The van der Waals surface area contributed by atoms with Crippen LogP contribution in [0.15, 0.2) is 0 Å². The zero-order chi connectivity index (χ0) is 12.4. The Balaban J connectivity index is 2.16. The Kier molecular flexibility index (Phi) is 3.87. The number of nitrogens with zero attached hydrogens (tertiary/aromatic N) is 2. The van der Waals surface area contributed by atoms with Crippen molar-refractivity contribution in [1.29, 1.82) is 0 Å². The van der Waals surface area contributed by atoms with Crippen molar-refractivity contribution in [2.75, 3.05) is 6.54 Å². The SMILES string of the molecule is CCCNC(CC1CC1)c1c(C)nn(C)c1C. The van der Waals surface area contributed by atoms with Gasteiger partial charge in [0.05, 0.1) is 5.69 Å². The van der Waals surface area contributed by atoms with E-state index in [1.165, 1.54) is 42.6 Å². The molecule has 96 valence electrons. The van der Waals surface area contributed by atoms with Crippen LogP contribution in [0.1, 0.15) is 55.6 Å². The second kappa shape index (κ2) is 5.21. The number of rotatable bonds is 6. The van der Waals surface area contributed by atoms with Gasteiger partial charge in [-0.3, -0.25) is 4.68 Å². The van der Waals surface area contributed by atoms with Crippen molar-refractivity contribution < 1.29 is 0 Å². The molecule has 0 amide bonds. The molecule has 17 heavy (non-hydrogen) atoms. The van der Waals surface area contributed by atoms with Crippen LogP contribution in [-0.4, -0.2) is 16.3 Å². The van der Waals surface area contributed by atoms with E-state index in [0.717, 1.165) is 12.5 Å². The minimum atomic E-state index is 0.510. The molecule has 1 saturated carbocycles. The summed E-state index contributed by atoms with van der Waals surface area (Å²) in [6.07, 6.45) is 5.32. The van der Waals surface area contributed by atoms with Crippen molar-refractivity contribution in [3.8, 4) is 0 Å². The highest BCUT2D eigenvalue weighted by molar-refractivity contribution is 5.28. The fraction of sp³-hybridized carbons (Fsp3) is 0.786. The molecular formula is C14H25N3. The molecule has 1 aromatic rings. The minimum Gasteiger partial charge on any atom is -0.310 e. The predicted octanol–water partition coefficient (Wildman–Crippen LogP) is 2.88. The summed E-state index contributed by atoms with van der Waals surface area (Å²) in [5.74, 6) is 0.948. The van der Waals surface area contributed by atoms with Crippen LogP contribution in [-0.2, 0) is 7.05 Å². The van der Waals surface area contributed by atoms with E-state index in [1.54, 1.807) is 0 Å². The summed E-state index contributed by atoms with van der Waals surface area (Å²) in [5.41, 5.74) is 3.95. The molecule has 1 aromatic heterocycles. The van der Waals surface area contributed by atoms with Crippen LogP contribution in [0.3, 0.4) is 0 Å². The third-order valence-electron chi connectivity index (χ3n) is 3.82. The number of nitrogens with one attached hydrogen (secondary N) is 1. The Morgan fingerprint density at radius 2 is 2.12 bits per heavy atom. The maximum Gasteiger partial charge on any atom is 0.0644 e. The van der Waals surface area contributed by atoms with Gasteiger partial charge in [0.1, 0.15) is 0 Å². The van der Waals surface area contributed by atoms with Gasteiger partial charge in [0, 0.05) is 24.3 Å². The molecule has 2 rings (SSSR count). The van der Waals surface area contributed by atoms with Crippen molar-refractivity contribution in [3.05, 3.63) is 17.0 Å². The van der Waals surface area contributed by atoms with Crippen molar-refractivity contribution in [3.63, 3.8) is 0 Å². The summed E-state index contributed by atoms with van der Waals surface area (Å²) in [6.45, 7) is 7.65. The smallest absolute Gasteiger partial charge is 0.0644 e. The molecule has 0 aliphatic heterocycles. The Morgan fingerprint density at radius 3 is 2.59 bits per heavy atom. The average Bonchev–Trinajstić information content (AvgIpc) is 3.05. The predicted molar refractivity (Wildman–Crippen MR) is 71.1 cm³/mol. The number of aryl methyl sites for hydroxylation is 2. The molecule has 0 saturated heterocycles. The zero-order valence-electron chi connectivity index (χ0n) is 11.6. The van der Waals surface area contributed by atoms with E-state index < -0.39 is 0 Å². The van der Waals surface area contributed by atoms with E-state index in [-0.39, 0.29) is 0 Å². The Hall–Kier alpha value is -0.830. The lowest BCUT2D eigenvalue weighted by atomic mass is 9.99. The first-order valence-electron chi connectivity index (χ1n) is 6.87. The standard InChI is InChI=1S/C14H25N3/c1-5-8-15-13(9-12-6-7-12)14-10(2)16-17(4)11(14)3/h12-13,15H,5-9H2,1-4H3. The maximum absolute atomic E-state index is 4.54. The second-order valence-corrected chi connectivity index (χ2v) is 5.39. The highest BCUT2D eigenvalue weighted by Gasteiger charge is 2.28. The lowest BCUT2D eigenvalue weighted by Gasteiger charge is -2.19. The van der Waals surface area contributed by atoms with Gasteiger partial charge in [0.15, 0.2) is 0 Å². The Labute approximate surface area is 105 Å². The lowest BCUT2D eigenvalue weighted by molar-refractivity contribution is 0.470. The number of hydrogen-bond acceptors (Lipinski definition) is 2. The monoisotopic (exact) mass is 235 g/mol. The van der Waals surface area contributed by atoms with Crippen molar-refractivity contribution in [2.24, 2.45) is 13.0 Å². The molecule has 1 aliphatic rings. The van der Waals surface area contributed by atoms with Crippen molar-refractivity contribution in [2.45, 2.75) is 52.5 Å². The summed E-state index contributed by atoms with van der Waals surface area (Å²) in [7, 11) is 2.04. The largest absolute Gasteiger partial charge is 0.310 e. The molecule has 1 aliphatic carbocycles. The average molecular weight is 235 g/mol. The molecule has 0 spiro atoms. The van der Waals surface area contributed by atoms with Crippen LogP contribution in [0.5, 0.6) is 0 Å². The second-order valence-electron chi connectivity index (χ2n) is 5.39. The molecule has 0 radical (unpaired) electrons. The molecule has 0 aromatic carbocycles. The minimum absolute atomic E-state index is 0.510. The zero-order valence-corrected chi connectivity index (χ0v) is 11.6. The highest BCUT2D eigenvalue weighted by Crippen LogP contribution is 2.38. The molecule has 0 bridgehead atoms. The van der Waals surface area contributed by atoms with E-state index in [4.69, 9.17) is 0 Å². The summed E-state index contributed by atoms with van der Waals surface area (Å²) in [4.78, 5) is 0. The van der Waals surface area contributed by atoms with Gasteiger partial charge in [-0.1, -0.05) is 19.8 Å². The quantitative estimate of drug-likeness (QED) is 0.821.